The van der Waals surface area contributed by atoms with E-state index in [4.69, 9.17) is 11.6 Å². The molecule has 1 amide bonds. The van der Waals surface area contributed by atoms with Gasteiger partial charge in [0.15, 0.2) is 0 Å². The van der Waals surface area contributed by atoms with Gasteiger partial charge < -0.3 is 5.32 Å². The first-order chi connectivity index (χ1) is 13.7. The molecule has 0 spiro atoms. The standard InChI is InChI=1S/C18H20ClN3O5S2/c1-29(26,27)21(16-6-3-7-17(11-16)22(24)25)12-18(23)20-8-9-28-13-14-4-2-5-15(19)10-14/h2-7,10-11H,8-9,12-13H2,1H3,(H,20,23). The number of anilines is 1. The highest BCUT2D eigenvalue weighted by molar-refractivity contribution is 7.98. The number of nitrogens with zero attached hydrogens (tertiary/aromatic N) is 2. The lowest BCUT2D eigenvalue weighted by Crippen LogP contribution is -2.41. The summed E-state index contributed by atoms with van der Waals surface area (Å²) >= 11 is 7.53. The summed E-state index contributed by atoms with van der Waals surface area (Å²) in [6.45, 7) is -0.102. The van der Waals surface area contributed by atoms with Crippen LogP contribution in [0, 0.1) is 10.1 Å². The maximum absolute atomic E-state index is 12.2. The smallest absolute Gasteiger partial charge is 0.271 e. The highest BCUT2D eigenvalue weighted by Gasteiger charge is 2.22. The van der Waals surface area contributed by atoms with Gasteiger partial charge in [0.05, 0.1) is 16.9 Å². The topological polar surface area (TPSA) is 110 Å². The van der Waals surface area contributed by atoms with E-state index in [1.54, 1.807) is 17.8 Å². The van der Waals surface area contributed by atoms with Crippen LogP contribution in [0.4, 0.5) is 11.4 Å². The molecule has 29 heavy (non-hydrogen) atoms. The van der Waals surface area contributed by atoms with Gasteiger partial charge in [0.2, 0.25) is 15.9 Å². The number of nitro benzene ring substituents is 1. The number of nitro groups is 1. The summed E-state index contributed by atoms with van der Waals surface area (Å²) in [7, 11) is -3.80. The normalized spacial score (nSPS) is 11.1. The Bertz CT molecular complexity index is 985. The molecule has 0 saturated carbocycles. The van der Waals surface area contributed by atoms with Crippen molar-refractivity contribution in [2.45, 2.75) is 5.75 Å². The Morgan fingerprint density at radius 1 is 1.24 bits per heavy atom. The van der Waals surface area contributed by atoms with Crippen LogP contribution >= 0.6 is 23.4 Å². The lowest BCUT2D eigenvalue weighted by molar-refractivity contribution is -0.384. The van der Waals surface area contributed by atoms with E-state index in [2.05, 4.69) is 5.32 Å². The third kappa shape index (κ3) is 7.56. The number of thioether (sulfide) groups is 1. The van der Waals surface area contributed by atoms with Crippen LogP contribution in [0.15, 0.2) is 48.5 Å². The summed E-state index contributed by atoms with van der Waals surface area (Å²) in [5, 5.41) is 14.2. The predicted octanol–water partition coefficient (Wildman–Crippen LogP) is 3.06. The first kappa shape index (κ1) is 23.0. The molecule has 0 aliphatic carbocycles. The second kappa shape index (κ2) is 10.5. The van der Waals surface area contributed by atoms with E-state index in [1.165, 1.54) is 18.2 Å². The number of sulfonamides is 1. The summed E-state index contributed by atoms with van der Waals surface area (Å²) < 4.78 is 25.0. The Labute approximate surface area is 178 Å². The quantitative estimate of drug-likeness (QED) is 0.333. The Morgan fingerprint density at radius 3 is 2.62 bits per heavy atom. The van der Waals surface area contributed by atoms with Crippen LogP contribution in [0.5, 0.6) is 0 Å². The van der Waals surface area contributed by atoms with Crippen molar-refractivity contribution in [3.05, 3.63) is 69.2 Å². The Balaban J connectivity index is 1.89. The number of carbonyl (C=O) groups is 1. The number of hydrogen-bond donors (Lipinski definition) is 1. The SMILES string of the molecule is CS(=O)(=O)N(CC(=O)NCCSCc1cccc(Cl)c1)c1cccc([N+](=O)[O-])c1. The molecule has 2 aromatic rings. The summed E-state index contributed by atoms with van der Waals surface area (Å²) in [6, 6.07) is 12.6. The second-order valence-corrected chi connectivity index (χ2v) is 9.53. The minimum absolute atomic E-state index is 0.0622. The maximum atomic E-state index is 12.2. The number of amides is 1. The van der Waals surface area contributed by atoms with Crippen LogP contribution < -0.4 is 9.62 Å². The molecule has 0 aliphatic heterocycles. The highest BCUT2D eigenvalue weighted by atomic mass is 35.5. The number of nitrogens with one attached hydrogen (secondary N) is 1. The molecule has 0 atom stereocenters. The molecule has 11 heteroatoms. The molecule has 1 N–H and O–H groups in total. The Hall–Kier alpha value is -2.30. The molecule has 0 unspecified atom stereocenters. The van der Waals surface area contributed by atoms with Gasteiger partial charge in [-0.3, -0.25) is 19.2 Å². The van der Waals surface area contributed by atoms with Crippen molar-refractivity contribution in [1.82, 2.24) is 5.32 Å². The summed E-state index contributed by atoms with van der Waals surface area (Å²) in [4.78, 5) is 22.5. The number of carbonyl (C=O) groups excluding carboxylic acids is 1. The van der Waals surface area contributed by atoms with Crippen LogP contribution in [-0.4, -0.2) is 44.3 Å². The molecular formula is C18H20ClN3O5S2. The molecule has 8 nitrogen and oxygen atoms in total. The van der Waals surface area contributed by atoms with Crippen molar-refractivity contribution >= 4 is 50.7 Å². The summed E-state index contributed by atoms with van der Waals surface area (Å²) in [6.07, 6.45) is 0.944. The minimum Gasteiger partial charge on any atom is -0.354 e. The molecule has 0 bridgehead atoms. The Morgan fingerprint density at radius 2 is 1.97 bits per heavy atom. The van der Waals surface area contributed by atoms with E-state index in [1.807, 2.05) is 18.2 Å². The lowest BCUT2D eigenvalue weighted by Gasteiger charge is -2.21. The Kier molecular flexibility index (Phi) is 8.30. The number of hydrogen-bond acceptors (Lipinski definition) is 6. The van der Waals surface area contributed by atoms with Crippen LogP contribution in [0.2, 0.25) is 5.02 Å². The monoisotopic (exact) mass is 457 g/mol. The van der Waals surface area contributed by atoms with Gasteiger partial charge in [0.1, 0.15) is 6.54 Å². The number of benzene rings is 2. The second-order valence-electron chi connectivity index (χ2n) is 6.08. The average molecular weight is 458 g/mol. The predicted molar refractivity (Wildman–Crippen MR) is 116 cm³/mol. The fourth-order valence-electron chi connectivity index (χ4n) is 2.43. The molecule has 0 fully saturated rings. The third-order valence-corrected chi connectivity index (χ3v) is 6.15. The zero-order valence-electron chi connectivity index (χ0n) is 15.6. The molecule has 0 heterocycles. The van der Waals surface area contributed by atoms with Crippen molar-refractivity contribution < 1.29 is 18.1 Å². The van der Waals surface area contributed by atoms with Crippen molar-refractivity contribution in [2.24, 2.45) is 0 Å². The van der Waals surface area contributed by atoms with Gasteiger partial charge in [-0.1, -0.05) is 29.8 Å². The van der Waals surface area contributed by atoms with Crippen molar-refractivity contribution in [3.63, 3.8) is 0 Å². The fraction of sp³-hybridized carbons (Fsp3) is 0.278. The van der Waals surface area contributed by atoms with Gasteiger partial charge in [0, 0.05) is 35.2 Å². The lowest BCUT2D eigenvalue weighted by atomic mass is 10.2. The number of rotatable bonds is 10. The number of non-ortho nitro benzene ring substituents is 1. The zero-order valence-corrected chi connectivity index (χ0v) is 18.0. The molecule has 156 valence electrons. The van der Waals surface area contributed by atoms with Crippen LogP contribution in [0.3, 0.4) is 0 Å². The van der Waals surface area contributed by atoms with E-state index in [-0.39, 0.29) is 11.4 Å². The van der Waals surface area contributed by atoms with Crippen LogP contribution in [-0.2, 0) is 20.6 Å². The van der Waals surface area contributed by atoms with Gasteiger partial charge in [-0.2, -0.15) is 11.8 Å². The molecule has 2 rings (SSSR count). The van der Waals surface area contributed by atoms with E-state index in [0.29, 0.717) is 17.3 Å². The van der Waals surface area contributed by atoms with Gasteiger partial charge in [0.25, 0.3) is 5.69 Å². The largest absolute Gasteiger partial charge is 0.354 e. The van der Waals surface area contributed by atoms with Gasteiger partial charge in [-0.25, -0.2) is 8.42 Å². The molecule has 0 aromatic heterocycles. The average Bonchev–Trinajstić information content (AvgIpc) is 2.65. The molecule has 0 aliphatic rings. The maximum Gasteiger partial charge on any atom is 0.271 e. The van der Waals surface area contributed by atoms with E-state index in [0.717, 1.165) is 27.9 Å². The first-order valence-electron chi connectivity index (χ1n) is 8.48. The van der Waals surface area contributed by atoms with Gasteiger partial charge >= 0.3 is 0 Å². The van der Waals surface area contributed by atoms with E-state index >= 15 is 0 Å². The van der Waals surface area contributed by atoms with Crippen LogP contribution in [0.1, 0.15) is 5.56 Å². The van der Waals surface area contributed by atoms with Gasteiger partial charge in [-0.05, 0) is 23.8 Å². The van der Waals surface area contributed by atoms with Crippen molar-refractivity contribution in [2.75, 3.05) is 29.4 Å². The van der Waals surface area contributed by atoms with Crippen molar-refractivity contribution in [3.8, 4) is 0 Å². The minimum atomic E-state index is -3.80. The number of halogens is 1. The molecule has 0 saturated heterocycles. The van der Waals surface area contributed by atoms with E-state index in [9.17, 15) is 23.3 Å². The molecular weight excluding hydrogens is 438 g/mol. The third-order valence-electron chi connectivity index (χ3n) is 3.74. The van der Waals surface area contributed by atoms with Crippen molar-refractivity contribution in [1.29, 1.82) is 0 Å². The van der Waals surface area contributed by atoms with Gasteiger partial charge in [-0.15, -0.1) is 0 Å². The first-order valence-corrected chi connectivity index (χ1v) is 11.9. The summed E-state index contributed by atoms with van der Waals surface area (Å²) in [5.74, 6) is 0.873. The molecule has 0 radical (unpaired) electrons. The molecule has 2 aromatic carbocycles. The fourth-order valence-corrected chi connectivity index (χ4v) is 4.29. The highest BCUT2D eigenvalue weighted by Crippen LogP contribution is 2.23. The zero-order chi connectivity index (χ0) is 21.4. The summed E-state index contributed by atoms with van der Waals surface area (Å²) in [5.41, 5.74) is 0.879. The van der Waals surface area contributed by atoms with E-state index < -0.39 is 27.4 Å². The van der Waals surface area contributed by atoms with Crippen LogP contribution in [0.25, 0.3) is 0 Å².